The van der Waals surface area contributed by atoms with Gasteiger partial charge in [-0.25, -0.2) is 0 Å². The number of benzene rings is 1. The molecule has 0 radical (unpaired) electrons. The molecule has 0 aliphatic heterocycles. The highest BCUT2D eigenvalue weighted by molar-refractivity contribution is 5.79. The fourth-order valence-electron chi connectivity index (χ4n) is 1.75. The van der Waals surface area contributed by atoms with Gasteiger partial charge in [0, 0.05) is 26.7 Å². The summed E-state index contributed by atoms with van der Waals surface area (Å²) in [5.41, 5.74) is 1.11. The van der Waals surface area contributed by atoms with E-state index in [1.54, 1.807) is 7.05 Å². The lowest BCUT2D eigenvalue weighted by molar-refractivity contribution is -0.142. The minimum atomic E-state index is -4.16. The van der Waals surface area contributed by atoms with E-state index in [4.69, 9.17) is 0 Å². The summed E-state index contributed by atoms with van der Waals surface area (Å²) in [6, 6.07) is 9.79. The molecular weight excluding hydrogens is 281 g/mol. The first kappa shape index (κ1) is 17.3. The van der Waals surface area contributed by atoms with E-state index in [0.717, 1.165) is 5.56 Å². The van der Waals surface area contributed by atoms with Crippen LogP contribution in [0.5, 0.6) is 0 Å². The molecule has 0 fully saturated rings. The molecule has 7 heteroatoms. The van der Waals surface area contributed by atoms with Crippen LogP contribution in [0.4, 0.5) is 13.2 Å². The van der Waals surface area contributed by atoms with Gasteiger partial charge in [-0.1, -0.05) is 30.3 Å². The first-order valence-electron chi connectivity index (χ1n) is 6.64. The van der Waals surface area contributed by atoms with Gasteiger partial charge in [-0.3, -0.25) is 9.89 Å². The van der Waals surface area contributed by atoms with Crippen molar-refractivity contribution in [3.63, 3.8) is 0 Å². The highest BCUT2D eigenvalue weighted by atomic mass is 19.4. The number of alkyl halides is 3. The van der Waals surface area contributed by atoms with E-state index in [1.807, 2.05) is 30.3 Å². The highest BCUT2D eigenvalue weighted by Crippen LogP contribution is 2.14. The van der Waals surface area contributed by atoms with Gasteiger partial charge in [-0.05, 0) is 12.6 Å². The maximum absolute atomic E-state index is 12.2. The average Bonchev–Trinajstić information content (AvgIpc) is 2.41. The normalized spacial score (nSPS) is 12.6. The fraction of sp³-hybridized carbons (Fsp3) is 0.500. The van der Waals surface area contributed by atoms with E-state index in [2.05, 4.69) is 15.6 Å². The molecule has 1 aromatic rings. The van der Waals surface area contributed by atoms with Crippen LogP contribution in [0.15, 0.2) is 35.3 Å². The van der Waals surface area contributed by atoms with Crippen LogP contribution in [-0.4, -0.2) is 50.8 Å². The number of rotatable bonds is 6. The molecule has 0 heterocycles. The lowest BCUT2D eigenvalue weighted by atomic mass is 10.2. The molecule has 0 atom stereocenters. The molecule has 2 N–H and O–H groups in total. The van der Waals surface area contributed by atoms with Crippen LogP contribution in [0.25, 0.3) is 0 Å². The summed E-state index contributed by atoms with van der Waals surface area (Å²) in [4.78, 5) is 5.25. The van der Waals surface area contributed by atoms with Crippen LogP contribution in [0.3, 0.4) is 0 Å². The van der Waals surface area contributed by atoms with Crippen molar-refractivity contribution >= 4 is 5.96 Å². The Hall–Kier alpha value is -1.76. The average molecular weight is 302 g/mol. The molecule has 0 spiro atoms. The van der Waals surface area contributed by atoms with Crippen LogP contribution >= 0.6 is 0 Å². The van der Waals surface area contributed by atoms with Gasteiger partial charge >= 0.3 is 6.18 Å². The maximum atomic E-state index is 12.2. The van der Waals surface area contributed by atoms with Crippen molar-refractivity contribution in [3.8, 4) is 0 Å². The number of hydrogen-bond acceptors (Lipinski definition) is 2. The molecule has 0 unspecified atom stereocenters. The second-order valence-electron chi connectivity index (χ2n) is 4.69. The zero-order valence-electron chi connectivity index (χ0n) is 12.2. The molecule has 1 rings (SSSR count). The summed E-state index contributed by atoms with van der Waals surface area (Å²) < 4.78 is 36.5. The zero-order chi connectivity index (χ0) is 15.7. The van der Waals surface area contributed by atoms with Gasteiger partial charge in [0.05, 0.1) is 6.54 Å². The Labute approximate surface area is 123 Å². The molecule has 118 valence electrons. The van der Waals surface area contributed by atoms with E-state index >= 15 is 0 Å². The third kappa shape index (κ3) is 8.19. The monoisotopic (exact) mass is 302 g/mol. The first-order chi connectivity index (χ1) is 9.90. The minimum absolute atomic E-state index is 0.283. The zero-order valence-corrected chi connectivity index (χ0v) is 12.2. The second kappa shape index (κ2) is 8.51. The third-order valence-corrected chi connectivity index (χ3v) is 2.76. The quantitative estimate of drug-likeness (QED) is 0.622. The number of aliphatic imine (C=N–C) groups is 1. The molecule has 0 aromatic heterocycles. The van der Waals surface area contributed by atoms with Crippen molar-refractivity contribution < 1.29 is 13.2 Å². The van der Waals surface area contributed by atoms with Gasteiger partial charge in [0.25, 0.3) is 0 Å². The number of likely N-dealkylation sites (N-methyl/N-ethyl adjacent to an activating group) is 1. The predicted octanol–water partition coefficient (Wildman–Crippen LogP) is 1.85. The largest absolute Gasteiger partial charge is 0.401 e. The van der Waals surface area contributed by atoms with Crippen molar-refractivity contribution in [2.24, 2.45) is 4.99 Å². The van der Waals surface area contributed by atoms with E-state index in [-0.39, 0.29) is 6.54 Å². The third-order valence-electron chi connectivity index (χ3n) is 2.76. The molecule has 21 heavy (non-hydrogen) atoms. The lowest BCUT2D eigenvalue weighted by Gasteiger charge is -2.19. The Morgan fingerprint density at radius 2 is 1.86 bits per heavy atom. The van der Waals surface area contributed by atoms with Crippen molar-refractivity contribution in [2.45, 2.75) is 12.7 Å². The molecular formula is C14H21F3N4. The topological polar surface area (TPSA) is 39.7 Å². The molecule has 4 nitrogen and oxygen atoms in total. The summed E-state index contributed by atoms with van der Waals surface area (Å²) in [5, 5.41) is 6.09. The Balaban J connectivity index is 2.26. The standard InChI is InChI=1S/C14H21F3N4/c1-18-13(20-10-12-6-4-3-5-7-12)19-8-9-21(2)11-14(15,16)17/h3-7H,8-11H2,1-2H3,(H2,18,19,20). The smallest absolute Gasteiger partial charge is 0.355 e. The summed E-state index contributed by atoms with van der Waals surface area (Å²) in [6.07, 6.45) is -4.16. The summed E-state index contributed by atoms with van der Waals surface area (Å²) in [5.74, 6) is 0.569. The number of guanidine groups is 1. The van der Waals surface area contributed by atoms with E-state index in [9.17, 15) is 13.2 Å². The molecule has 0 amide bonds. The number of hydrogen-bond donors (Lipinski definition) is 2. The molecule has 1 aromatic carbocycles. The van der Waals surface area contributed by atoms with Gasteiger partial charge in [0.1, 0.15) is 0 Å². The molecule has 0 bridgehead atoms. The van der Waals surface area contributed by atoms with Crippen LogP contribution in [-0.2, 0) is 6.54 Å². The molecule has 0 aliphatic rings. The SMILES string of the molecule is CN=C(NCCN(C)CC(F)(F)F)NCc1ccccc1. The number of halogens is 3. The summed E-state index contributed by atoms with van der Waals surface area (Å²) >= 11 is 0. The van der Waals surface area contributed by atoms with Crippen molar-refractivity contribution in [3.05, 3.63) is 35.9 Å². The van der Waals surface area contributed by atoms with Gasteiger partial charge in [-0.15, -0.1) is 0 Å². The van der Waals surface area contributed by atoms with Crippen LogP contribution < -0.4 is 10.6 Å². The maximum Gasteiger partial charge on any atom is 0.401 e. The van der Waals surface area contributed by atoms with Crippen LogP contribution in [0.1, 0.15) is 5.56 Å². The van der Waals surface area contributed by atoms with E-state index < -0.39 is 12.7 Å². The van der Waals surface area contributed by atoms with Crippen molar-refractivity contribution in [1.29, 1.82) is 0 Å². The van der Waals surface area contributed by atoms with E-state index in [1.165, 1.54) is 11.9 Å². The Kier molecular flexibility index (Phi) is 7.01. The first-order valence-corrected chi connectivity index (χ1v) is 6.64. The molecule has 0 saturated carbocycles. The minimum Gasteiger partial charge on any atom is -0.355 e. The number of nitrogens with one attached hydrogen (secondary N) is 2. The van der Waals surface area contributed by atoms with E-state index in [0.29, 0.717) is 19.0 Å². The van der Waals surface area contributed by atoms with Gasteiger partial charge in [0.15, 0.2) is 5.96 Å². The second-order valence-corrected chi connectivity index (χ2v) is 4.69. The Morgan fingerprint density at radius 3 is 2.43 bits per heavy atom. The van der Waals surface area contributed by atoms with Crippen molar-refractivity contribution in [2.75, 3.05) is 33.7 Å². The number of nitrogens with zero attached hydrogens (tertiary/aromatic N) is 2. The van der Waals surface area contributed by atoms with Gasteiger partial charge in [0.2, 0.25) is 0 Å². The molecule has 0 aliphatic carbocycles. The Bertz CT molecular complexity index is 432. The lowest BCUT2D eigenvalue weighted by Crippen LogP contribution is -2.42. The van der Waals surface area contributed by atoms with Gasteiger partial charge in [-0.2, -0.15) is 13.2 Å². The van der Waals surface area contributed by atoms with Gasteiger partial charge < -0.3 is 10.6 Å². The van der Waals surface area contributed by atoms with Crippen LogP contribution in [0.2, 0.25) is 0 Å². The van der Waals surface area contributed by atoms with Crippen LogP contribution in [0, 0.1) is 0 Å². The van der Waals surface area contributed by atoms with Crippen molar-refractivity contribution in [1.82, 2.24) is 15.5 Å². The fourth-order valence-corrected chi connectivity index (χ4v) is 1.75. The summed E-state index contributed by atoms with van der Waals surface area (Å²) in [6.45, 7) is 0.371. The molecule has 0 saturated heterocycles. The summed E-state index contributed by atoms with van der Waals surface area (Å²) in [7, 11) is 3.06. The highest BCUT2D eigenvalue weighted by Gasteiger charge is 2.28. The predicted molar refractivity (Wildman–Crippen MR) is 78.2 cm³/mol. The Morgan fingerprint density at radius 1 is 1.19 bits per heavy atom.